The molecule has 2 bridgehead atoms. The lowest BCUT2D eigenvalue weighted by Crippen LogP contribution is -2.36. The summed E-state index contributed by atoms with van der Waals surface area (Å²) in [5.74, 6) is 2.42. The Kier molecular flexibility index (Phi) is 4.96. The van der Waals surface area contributed by atoms with E-state index in [2.05, 4.69) is 17.0 Å². The lowest BCUT2D eigenvalue weighted by Gasteiger charge is -2.30. The highest BCUT2D eigenvalue weighted by Gasteiger charge is 2.35. The molecule has 1 saturated carbocycles. The van der Waals surface area contributed by atoms with Crippen LogP contribution in [0.5, 0.6) is 0 Å². The van der Waals surface area contributed by atoms with Crippen LogP contribution in [0.15, 0.2) is 53.1 Å². The first-order chi connectivity index (χ1) is 12.2. The van der Waals surface area contributed by atoms with Crippen LogP contribution in [-0.4, -0.2) is 29.6 Å². The highest BCUT2D eigenvalue weighted by molar-refractivity contribution is 5.21. The van der Waals surface area contributed by atoms with E-state index in [-0.39, 0.29) is 0 Å². The summed E-state index contributed by atoms with van der Waals surface area (Å²) in [5, 5.41) is 11.5. The third-order valence-electron chi connectivity index (χ3n) is 6.16. The Labute approximate surface area is 150 Å². The summed E-state index contributed by atoms with van der Waals surface area (Å²) >= 11 is 0. The molecule has 2 saturated heterocycles. The Morgan fingerprint density at radius 1 is 0.960 bits per heavy atom. The van der Waals surface area contributed by atoms with Crippen LogP contribution in [0.3, 0.4) is 0 Å². The van der Waals surface area contributed by atoms with E-state index in [0.717, 1.165) is 30.4 Å². The molecule has 2 aliphatic heterocycles. The molecule has 25 heavy (non-hydrogen) atoms. The highest BCUT2D eigenvalue weighted by Crippen LogP contribution is 2.35. The molecule has 134 valence electrons. The molecule has 0 radical (unpaired) electrons. The molecule has 1 aliphatic carbocycles. The zero-order chi connectivity index (χ0) is 17.1. The van der Waals surface area contributed by atoms with Gasteiger partial charge in [0.05, 0.1) is 6.26 Å². The van der Waals surface area contributed by atoms with Crippen molar-refractivity contribution in [1.82, 2.24) is 4.90 Å². The Hall–Kier alpha value is -1.58. The van der Waals surface area contributed by atoms with Gasteiger partial charge in [0, 0.05) is 26.1 Å². The first-order valence-corrected chi connectivity index (χ1v) is 9.74. The zero-order valence-corrected chi connectivity index (χ0v) is 14.9. The van der Waals surface area contributed by atoms with Crippen molar-refractivity contribution in [2.24, 2.45) is 11.8 Å². The van der Waals surface area contributed by atoms with E-state index in [4.69, 9.17) is 4.42 Å². The summed E-state index contributed by atoms with van der Waals surface area (Å²) in [6.45, 7) is 3.35. The maximum absolute atomic E-state index is 11.5. The first kappa shape index (κ1) is 16.9. The molecule has 1 unspecified atom stereocenters. The van der Waals surface area contributed by atoms with Gasteiger partial charge in [-0.2, -0.15) is 0 Å². The minimum absolute atomic E-state index is 0.599. The molecule has 1 atom stereocenters. The van der Waals surface area contributed by atoms with Gasteiger partial charge >= 0.3 is 0 Å². The Balaban J connectivity index is 1.47. The van der Waals surface area contributed by atoms with Gasteiger partial charge in [0.2, 0.25) is 0 Å². The molecule has 3 heteroatoms. The van der Waals surface area contributed by atoms with Crippen molar-refractivity contribution in [2.75, 3.05) is 19.6 Å². The van der Waals surface area contributed by atoms with E-state index in [1.54, 1.807) is 6.26 Å². The van der Waals surface area contributed by atoms with Crippen molar-refractivity contribution in [2.45, 2.75) is 44.1 Å². The monoisotopic (exact) mass is 339 g/mol. The molecular weight excluding hydrogens is 310 g/mol. The van der Waals surface area contributed by atoms with Crippen molar-refractivity contribution in [1.29, 1.82) is 0 Å². The fourth-order valence-electron chi connectivity index (χ4n) is 4.70. The van der Waals surface area contributed by atoms with Crippen LogP contribution >= 0.6 is 0 Å². The SMILES string of the molecule is OC(CCN1CC2CCC(CC2)C1)(Cc1ccccc1)c1ccco1. The van der Waals surface area contributed by atoms with Gasteiger partial charge in [-0.3, -0.25) is 0 Å². The molecule has 1 aromatic heterocycles. The largest absolute Gasteiger partial charge is 0.466 e. The summed E-state index contributed by atoms with van der Waals surface area (Å²) < 4.78 is 5.62. The molecule has 0 amide bonds. The summed E-state index contributed by atoms with van der Waals surface area (Å²) in [4.78, 5) is 2.59. The van der Waals surface area contributed by atoms with Gasteiger partial charge in [0.15, 0.2) is 0 Å². The van der Waals surface area contributed by atoms with E-state index in [1.165, 1.54) is 38.8 Å². The van der Waals surface area contributed by atoms with E-state index < -0.39 is 5.60 Å². The lowest BCUT2D eigenvalue weighted by atomic mass is 9.84. The minimum Gasteiger partial charge on any atom is -0.466 e. The van der Waals surface area contributed by atoms with E-state index in [0.29, 0.717) is 12.2 Å². The smallest absolute Gasteiger partial charge is 0.135 e. The standard InChI is InChI=1S/C22H29NO2/c24-22(21-7-4-14-25-21,15-18-5-2-1-3-6-18)12-13-23-16-19-8-9-20(17-23)11-10-19/h1-7,14,19-20,24H,8-13,15-17H2. The van der Waals surface area contributed by atoms with Crippen molar-refractivity contribution < 1.29 is 9.52 Å². The second-order valence-corrected chi connectivity index (χ2v) is 8.07. The number of benzene rings is 1. The van der Waals surface area contributed by atoms with Crippen molar-refractivity contribution in [3.05, 3.63) is 60.1 Å². The first-order valence-electron chi connectivity index (χ1n) is 9.74. The van der Waals surface area contributed by atoms with Crippen LogP contribution in [0.1, 0.15) is 43.4 Å². The minimum atomic E-state index is -0.934. The molecule has 1 aromatic carbocycles. The third-order valence-corrected chi connectivity index (χ3v) is 6.16. The van der Waals surface area contributed by atoms with Crippen LogP contribution in [-0.2, 0) is 12.0 Å². The average Bonchev–Trinajstić information content (AvgIpc) is 3.03. The predicted octanol–water partition coefficient (Wildman–Crippen LogP) is 4.22. The fourth-order valence-corrected chi connectivity index (χ4v) is 4.70. The number of aliphatic hydroxyl groups is 1. The zero-order valence-electron chi connectivity index (χ0n) is 14.9. The molecule has 3 aliphatic rings. The fraction of sp³-hybridized carbons (Fsp3) is 0.545. The molecule has 1 N–H and O–H groups in total. The molecule has 3 heterocycles. The topological polar surface area (TPSA) is 36.6 Å². The van der Waals surface area contributed by atoms with Crippen LogP contribution in [0.4, 0.5) is 0 Å². The molecular formula is C22H29NO2. The van der Waals surface area contributed by atoms with E-state index >= 15 is 0 Å². The second-order valence-electron chi connectivity index (χ2n) is 8.07. The number of hydrogen-bond acceptors (Lipinski definition) is 3. The van der Waals surface area contributed by atoms with Gasteiger partial charge in [0.1, 0.15) is 11.4 Å². The van der Waals surface area contributed by atoms with Gasteiger partial charge in [-0.15, -0.1) is 0 Å². The summed E-state index contributed by atoms with van der Waals surface area (Å²) in [5.41, 5.74) is 0.216. The maximum atomic E-state index is 11.5. The van der Waals surface area contributed by atoms with Gasteiger partial charge in [0.25, 0.3) is 0 Å². The quantitative estimate of drug-likeness (QED) is 0.856. The number of hydrogen-bond donors (Lipinski definition) is 1. The van der Waals surface area contributed by atoms with Crippen molar-refractivity contribution in [3.8, 4) is 0 Å². The van der Waals surface area contributed by atoms with Gasteiger partial charge in [-0.05, 0) is 61.6 Å². The van der Waals surface area contributed by atoms with Crippen LogP contribution < -0.4 is 0 Å². The molecule has 3 fully saturated rings. The van der Waals surface area contributed by atoms with Gasteiger partial charge < -0.3 is 14.4 Å². The van der Waals surface area contributed by atoms with Crippen LogP contribution in [0.25, 0.3) is 0 Å². The number of furan rings is 1. The number of fused-ring (bicyclic) bond motifs is 4. The molecule has 5 rings (SSSR count). The molecule has 2 aromatic rings. The summed E-state index contributed by atoms with van der Waals surface area (Å²) in [6.07, 6.45) is 8.57. The normalized spacial score (nSPS) is 26.3. The second kappa shape index (κ2) is 7.35. The third kappa shape index (κ3) is 3.99. The highest BCUT2D eigenvalue weighted by atomic mass is 16.4. The molecule has 0 spiro atoms. The Bertz CT molecular complexity index is 632. The van der Waals surface area contributed by atoms with Crippen molar-refractivity contribution in [3.63, 3.8) is 0 Å². The van der Waals surface area contributed by atoms with Crippen LogP contribution in [0, 0.1) is 11.8 Å². The number of rotatable bonds is 6. The van der Waals surface area contributed by atoms with Crippen LogP contribution in [0.2, 0.25) is 0 Å². The number of nitrogens with zero attached hydrogens (tertiary/aromatic N) is 1. The summed E-state index contributed by atoms with van der Waals surface area (Å²) in [6, 6.07) is 14.0. The van der Waals surface area contributed by atoms with Gasteiger partial charge in [-0.1, -0.05) is 30.3 Å². The van der Waals surface area contributed by atoms with E-state index in [9.17, 15) is 5.11 Å². The Morgan fingerprint density at radius 3 is 2.24 bits per heavy atom. The molecule has 3 nitrogen and oxygen atoms in total. The van der Waals surface area contributed by atoms with Gasteiger partial charge in [-0.25, -0.2) is 0 Å². The van der Waals surface area contributed by atoms with Crippen molar-refractivity contribution >= 4 is 0 Å². The summed E-state index contributed by atoms with van der Waals surface area (Å²) in [7, 11) is 0. The predicted molar refractivity (Wildman–Crippen MR) is 99.3 cm³/mol. The average molecular weight is 339 g/mol. The van der Waals surface area contributed by atoms with E-state index in [1.807, 2.05) is 30.3 Å². The maximum Gasteiger partial charge on any atom is 0.135 e. The Morgan fingerprint density at radius 2 is 1.64 bits per heavy atom. The lowest BCUT2D eigenvalue weighted by molar-refractivity contribution is -0.00327.